The number of hydrogen-bond acceptors (Lipinski definition) is 0. The van der Waals surface area contributed by atoms with Gasteiger partial charge in [0, 0.05) is 0 Å². The standard InChI is InChI=1S/C21H44.Al.3H/c1-3-5-7-9-11-13-15-17-19-21-20-18-16-14-12-10-8-6-4-2;;;;/h3-21H2,1-2H3;;;;. The first kappa shape index (κ1) is 24.8. The van der Waals surface area contributed by atoms with Gasteiger partial charge in [-0.05, 0) is 0 Å². The Morgan fingerprint density at radius 1 is 0.273 bits per heavy atom. The Labute approximate surface area is 153 Å². The summed E-state index contributed by atoms with van der Waals surface area (Å²) >= 11 is 0. The van der Waals surface area contributed by atoms with Crippen LogP contribution >= 0.6 is 0 Å². The fourth-order valence-electron chi connectivity index (χ4n) is 3.15. The summed E-state index contributed by atoms with van der Waals surface area (Å²) < 4.78 is 0. The van der Waals surface area contributed by atoms with Gasteiger partial charge in [0.2, 0.25) is 0 Å². The Morgan fingerprint density at radius 2 is 0.409 bits per heavy atom. The normalized spacial score (nSPS) is 10.6. The fourth-order valence-corrected chi connectivity index (χ4v) is 3.15. The molecule has 0 aliphatic heterocycles. The lowest BCUT2D eigenvalue weighted by atomic mass is 10.0. The van der Waals surface area contributed by atoms with E-state index in [0.29, 0.717) is 0 Å². The molecule has 0 fully saturated rings. The second-order valence-corrected chi connectivity index (χ2v) is 7.01. The molecule has 0 aromatic carbocycles. The van der Waals surface area contributed by atoms with Crippen LogP contribution in [0.3, 0.4) is 0 Å². The molecule has 0 N–H and O–H groups in total. The molecule has 0 unspecified atom stereocenters. The molecule has 0 heterocycles. The van der Waals surface area contributed by atoms with Gasteiger partial charge >= 0.3 is 0 Å². The summed E-state index contributed by atoms with van der Waals surface area (Å²) in [5, 5.41) is 0. The van der Waals surface area contributed by atoms with E-state index in [9.17, 15) is 0 Å². The molecule has 0 aromatic heterocycles. The first-order valence-corrected chi connectivity index (χ1v) is 10.4. The lowest BCUT2D eigenvalue weighted by Gasteiger charge is -2.03. The van der Waals surface area contributed by atoms with Crippen molar-refractivity contribution in [2.45, 2.75) is 136 Å². The van der Waals surface area contributed by atoms with E-state index in [-0.39, 0.29) is 17.4 Å². The van der Waals surface area contributed by atoms with Gasteiger partial charge < -0.3 is 0 Å². The van der Waals surface area contributed by atoms with Crippen LogP contribution in [-0.4, -0.2) is 17.4 Å². The molecule has 0 saturated carbocycles. The minimum atomic E-state index is 0. The summed E-state index contributed by atoms with van der Waals surface area (Å²) in [6, 6.07) is 0. The molecule has 0 aromatic rings. The maximum atomic E-state index is 2.30. The van der Waals surface area contributed by atoms with E-state index in [2.05, 4.69) is 13.8 Å². The predicted octanol–water partition coefficient (Wildman–Crippen LogP) is 7.25. The molecule has 22 heavy (non-hydrogen) atoms. The average Bonchev–Trinajstić information content (AvgIpc) is 2.50. The molecule has 0 radical (unpaired) electrons. The van der Waals surface area contributed by atoms with Crippen molar-refractivity contribution in [3.05, 3.63) is 0 Å². The lowest BCUT2D eigenvalue weighted by molar-refractivity contribution is 0.524. The Kier molecular flexibility index (Phi) is 26.8. The van der Waals surface area contributed by atoms with Gasteiger partial charge in [-0.15, -0.1) is 0 Å². The zero-order valence-electron chi connectivity index (χ0n) is 15.4. The smallest absolute Gasteiger partial charge is 0.0654 e. The minimum absolute atomic E-state index is 0. The van der Waals surface area contributed by atoms with E-state index < -0.39 is 0 Å². The molecule has 0 rings (SSSR count). The van der Waals surface area contributed by atoms with Gasteiger partial charge in [0.15, 0.2) is 17.4 Å². The summed E-state index contributed by atoms with van der Waals surface area (Å²) in [6.45, 7) is 4.60. The number of rotatable bonds is 18. The Morgan fingerprint density at radius 3 is 0.545 bits per heavy atom. The third-order valence-electron chi connectivity index (χ3n) is 4.71. The van der Waals surface area contributed by atoms with Crippen molar-refractivity contribution in [3.8, 4) is 0 Å². The van der Waals surface area contributed by atoms with Gasteiger partial charge in [-0.2, -0.15) is 0 Å². The van der Waals surface area contributed by atoms with E-state index in [1.165, 1.54) is 122 Å². The van der Waals surface area contributed by atoms with Crippen molar-refractivity contribution in [2.24, 2.45) is 0 Å². The molecule has 0 bridgehead atoms. The van der Waals surface area contributed by atoms with Crippen LogP contribution < -0.4 is 0 Å². The van der Waals surface area contributed by atoms with Gasteiger partial charge in [0.05, 0.1) is 0 Å². The molecule has 0 amide bonds. The van der Waals surface area contributed by atoms with E-state index in [1.807, 2.05) is 0 Å². The Bertz CT molecular complexity index is 149. The molecule has 0 saturated heterocycles. The van der Waals surface area contributed by atoms with Crippen molar-refractivity contribution in [3.63, 3.8) is 0 Å². The monoisotopic (exact) mass is 326 g/mol. The highest BCUT2D eigenvalue weighted by Gasteiger charge is 1.94. The summed E-state index contributed by atoms with van der Waals surface area (Å²) in [5.41, 5.74) is 0. The molecule has 0 spiro atoms. The maximum Gasteiger partial charge on any atom is 0.187 e. The lowest BCUT2D eigenvalue weighted by Crippen LogP contribution is -1.83. The Hall–Kier alpha value is 0.532. The zero-order valence-corrected chi connectivity index (χ0v) is 15.4. The van der Waals surface area contributed by atoms with Gasteiger partial charge in [0.25, 0.3) is 0 Å². The molecular formula is C21H47Al. The average molecular weight is 327 g/mol. The van der Waals surface area contributed by atoms with Crippen LogP contribution in [0.5, 0.6) is 0 Å². The van der Waals surface area contributed by atoms with Crippen LogP contribution in [0.25, 0.3) is 0 Å². The largest absolute Gasteiger partial charge is 0.187 e. The first-order chi connectivity index (χ1) is 10.4. The highest BCUT2D eigenvalue weighted by Crippen LogP contribution is 2.14. The quantitative estimate of drug-likeness (QED) is 0.184. The van der Waals surface area contributed by atoms with Crippen LogP contribution in [0, 0.1) is 0 Å². The summed E-state index contributed by atoms with van der Waals surface area (Å²) in [4.78, 5) is 0. The van der Waals surface area contributed by atoms with Gasteiger partial charge in [-0.1, -0.05) is 136 Å². The molecule has 0 nitrogen and oxygen atoms in total. The van der Waals surface area contributed by atoms with Crippen LogP contribution in [0.1, 0.15) is 136 Å². The second-order valence-electron chi connectivity index (χ2n) is 7.01. The minimum Gasteiger partial charge on any atom is -0.0654 e. The summed E-state index contributed by atoms with van der Waals surface area (Å²) in [5.74, 6) is 0. The van der Waals surface area contributed by atoms with E-state index in [1.54, 1.807) is 0 Å². The summed E-state index contributed by atoms with van der Waals surface area (Å²) in [6.07, 6.45) is 27.9. The topological polar surface area (TPSA) is 0 Å². The molecule has 0 aliphatic carbocycles. The summed E-state index contributed by atoms with van der Waals surface area (Å²) in [7, 11) is 0. The van der Waals surface area contributed by atoms with Gasteiger partial charge in [-0.25, -0.2) is 0 Å². The predicted molar refractivity (Wildman–Crippen MR) is 109 cm³/mol. The third kappa shape index (κ3) is 22.8. The van der Waals surface area contributed by atoms with E-state index in [0.717, 1.165) is 0 Å². The van der Waals surface area contributed by atoms with Crippen LogP contribution in [0.15, 0.2) is 0 Å². The molecule has 134 valence electrons. The van der Waals surface area contributed by atoms with E-state index >= 15 is 0 Å². The number of unbranched alkanes of at least 4 members (excludes halogenated alkanes) is 18. The first-order valence-electron chi connectivity index (χ1n) is 10.4. The maximum absolute atomic E-state index is 2.30. The second kappa shape index (κ2) is 23.8. The van der Waals surface area contributed by atoms with Gasteiger partial charge in [0.1, 0.15) is 0 Å². The Balaban J connectivity index is 0. The zero-order chi connectivity index (χ0) is 15.4. The van der Waals surface area contributed by atoms with Gasteiger partial charge in [-0.3, -0.25) is 0 Å². The molecular weight excluding hydrogens is 279 g/mol. The van der Waals surface area contributed by atoms with Crippen LogP contribution in [0.2, 0.25) is 0 Å². The van der Waals surface area contributed by atoms with Crippen molar-refractivity contribution in [1.29, 1.82) is 0 Å². The fraction of sp³-hybridized carbons (Fsp3) is 1.00. The highest BCUT2D eigenvalue weighted by atomic mass is 27.0. The molecule has 0 atom stereocenters. The van der Waals surface area contributed by atoms with Crippen molar-refractivity contribution < 1.29 is 0 Å². The SMILES string of the molecule is CCCCCCCCCCCCCCCCCCCCC.[AlH3]. The number of hydrogen-bond donors (Lipinski definition) is 0. The van der Waals surface area contributed by atoms with Crippen LogP contribution in [0.4, 0.5) is 0 Å². The third-order valence-corrected chi connectivity index (χ3v) is 4.71. The van der Waals surface area contributed by atoms with Crippen molar-refractivity contribution in [2.75, 3.05) is 0 Å². The molecule has 0 aliphatic rings. The molecule has 1 heteroatoms. The van der Waals surface area contributed by atoms with Crippen LogP contribution in [-0.2, 0) is 0 Å². The van der Waals surface area contributed by atoms with E-state index in [4.69, 9.17) is 0 Å². The van der Waals surface area contributed by atoms with Crippen molar-refractivity contribution in [1.82, 2.24) is 0 Å². The highest BCUT2D eigenvalue weighted by molar-refractivity contribution is 5.75. The van der Waals surface area contributed by atoms with Crippen molar-refractivity contribution >= 4 is 17.4 Å².